The standard InChI is InChI=1S/C19H22N4O/c1-11-9-14(7-8-20-11)19-21-10-16-18(23-19)12(2)17(22-16)13-3-5-15(24)6-4-13/h3-6,10-11,14,20,22,24H,7-9H2,1-2H3. The summed E-state index contributed by atoms with van der Waals surface area (Å²) >= 11 is 0. The van der Waals surface area contributed by atoms with E-state index in [4.69, 9.17) is 4.98 Å². The Morgan fingerprint density at radius 1 is 1.21 bits per heavy atom. The average Bonchev–Trinajstić information content (AvgIpc) is 2.92. The summed E-state index contributed by atoms with van der Waals surface area (Å²) in [5, 5.41) is 13.0. The minimum Gasteiger partial charge on any atom is -0.508 e. The number of aryl methyl sites for hydroxylation is 1. The van der Waals surface area contributed by atoms with E-state index in [0.717, 1.165) is 53.1 Å². The van der Waals surface area contributed by atoms with Crippen molar-refractivity contribution in [2.45, 2.75) is 38.6 Å². The van der Waals surface area contributed by atoms with Crippen LogP contribution in [0.15, 0.2) is 30.5 Å². The number of phenols is 1. The molecule has 0 amide bonds. The molecule has 5 heteroatoms. The van der Waals surface area contributed by atoms with Gasteiger partial charge in [-0.1, -0.05) is 0 Å². The first kappa shape index (κ1) is 15.1. The van der Waals surface area contributed by atoms with Crippen LogP contribution in [0.3, 0.4) is 0 Å². The van der Waals surface area contributed by atoms with Crippen molar-refractivity contribution in [1.82, 2.24) is 20.3 Å². The number of hydrogen-bond acceptors (Lipinski definition) is 4. The van der Waals surface area contributed by atoms with Gasteiger partial charge < -0.3 is 15.4 Å². The number of fused-ring (bicyclic) bond motifs is 1. The van der Waals surface area contributed by atoms with Gasteiger partial charge in [-0.3, -0.25) is 0 Å². The number of piperidine rings is 1. The predicted molar refractivity (Wildman–Crippen MR) is 95.2 cm³/mol. The van der Waals surface area contributed by atoms with E-state index < -0.39 is 0 Å². The lowest BCUT2D eigenvalue weighted by Gasteiger charge is -2.26. The summed E-state index contributed by atoms with van der Waals surface area (Å²) in [5.74, 6) is 1.65. The Labute approximate surface area is 141 Å². The summed E-state index contributed by atoms with van der Waals surface area (Å²) in [6.45, 7) is 5.33. The molecule has 5 nitrogen and oxygen atoms in total. The van der Waals surface area contributed by atoms with Crippen LogP contribution in [0.2, 0.25) is 0 Å². The minimum absolute atomic E-state index is 0.273. The third-order valence-corrected chi connectivity index (χ3v) is 4.94. The summed E-state index contributed by atoms with van der Waals surface area (Å²) in [6.07, 6.45) is 4.07. The lowest BCUT2D eigenvalue weighted by Crippen LogP contribution is -2.35. The second-order valence-corrected chi connectivity index (χ2v) is 6.74. The van der Waals surface area contributed by atoms with Crippen LogP contribution in [0.5, 0.6) is 5.75 Å². The number of phenolic OH excluding ortho intramolecular Hbond substituents is 1. The van der Waals surface area contributed by atoms with Crippen LogP contribution in [0.25, 0.3) is 22.3 Å². The Kier molecular flexibility index (Phi) is 3.73. The van der Waals surface area contributed by atoms with E-state index in [1.807, 2.05) is 18.3 Å². The molecular formula is C19H22N4O. The van der Waals surface area contributed by atoms with E-state index in [9.17, 15) is 5.11 Å². The Morgan fingerprint density at radius 2 is 2.00 bits per heavy atom. The summed E-state index contributed by atoms with van der Waals surface area (Å²) in [4.78, 5) is 12.9. The first-order chi connectivity index (χ1) is 11.6. The minimum atomic E-state index is 0.273. The largest absolute Gasteiger partial charge is 0.508 e. The van der Waals surface area contributed by atoms with Crippen molar-refractivity contribution in [2.75, 3.05) is 6.54 Å². The third-order valence-electron chi connectivity index (χ3n) is 4.94. The van der Waals surface area contributed by atoms with E-state index >= 15 is 0 Å². The van der Waals surface area contributed by atoms with Crippen molar-refractivity contribution >= 4 is 11.0 Å². The van der Waals surface area contributed by atoms with Crippen molar-refractivity contribution in [3.63, 3.8) is 0 Å². The molecule has 4 rings (SSSR count). The highest BCUT2D eigenvalue weighted by Crippen LogP contribution is 2.31. The average molecular weight is 322 g/mol. The lowest BCUT2D eigenvalue weighted by molar-refractivity contribution is 0.371. The molecule has 1 aromatic carbocycles. The molecule has 1 aliphatic rings. The number of aromatic amines is 1. The second kappa shape index (κ2) is 5.91. The highest BCUT2D eigenvalue weighted by atomic mass is 16.3. The Bertz CT molecular complexity index is 869. The number of aromatic hydroxyl groups is 1. The van der Waals surface area contributed by atoms with Gasteiger partial charge in [-0.05, 0) is 63.1 Å². The normalized spacial score (nSPS) is 21.2. The molecule has 1 fully saturated rings. The summed E-state index contributed by atoms with van der Waals surface area (Å²) in [6, 6.07) is 7.75. The van der Waals surface area contributed by atoms with E-state index in [1.54, 1.807) is 12.1 Å². The molecule has 3 N–H and O–H groups in total. The number of aromatic nitrogens is 3. The molecule has 2 atom stereocenters. The van der Waals surface area contributed by atoms with Gasteiger partial charge in [0.05, 0.1) is 22.9 Å². The number of hydrogen-bond donors (Lipinski definition) is 3. The van der Waals surface area contributed by atoms with E-state index in [0.29, 0.717) is 12.0 Å². The zero-order valence-electron chi connectivity index (χ0n) is 14.0. The van der Waals surface area contributed by atoms with Crippen molar-refractivity contribution < 1.29 is 5.11 Å². The number of nitrogens with one attached hydrogen (secondary N) is 2. The first-order valence-corrected chi connectivity index (χ1v) is 8.50. The van der Waals surface area contributed by atoms with Gasteiger partial charge in [-0.15, -0.1) is 0 Å². The highest BCUT2D eigenvalue weighted by molar-refractivity contribution is 5.87. The molecule has 124 valence electrons. The van der Waals surface area contributed by atoms with Crippen LogP contribution in [-0.2, 0) is 0 Å². The van der Waals surface area contributed by atoms with Gasteiger partial charge in [0.2, 0.25) is 0 Å². The van der Waals surface area contributed by atoms with Crippen molar-refractivity contribution in [3.8, 4) is 17.0 Å². The molecule has 24 heavy (non-hydrogen) atoms. The van der Waals surface area contributed by atoms with Gasteiger partial charge in [-0.25, -0.2) is 9.97 Å². The fourth-order valence-corrected chi connectivity index (χ4v) is 3.60. The topological polar surface area (TPSA) is 73.8 Å². The van der Waals surface area contributed by atoms with Gasteiger partial charge >= 0.3 is 0 Å². The maximum atomic E-state index is 9.48. The van der Waals surface area contributed by atoms with Crippen LogP contribution in [0.4, 0.5) is 0 Å². The van der Waals surface area contributed by atoms with E-state index in [2.05, 4.69) is 29.1 Å². The number of nitrogens with zero attached hydrogens (tertiary/aromatic N) is 2. The van der Waals surface area contributed by atoms with Crippen molar-refractivity contribution in [3.05, 3.63) is 41.9 Å². The number of benzene rings is 1. The molecule has 0 aliphatic carbocycles. The monoisotopic (exact) mass is 322 g/mol. The van der Waals surface area contributed by atoms with E-state index in [1.165, 1.54) is 0 Å². The highest BCUT2D eigenvalue weighted by Gasteiger charge is 2.23. The fraction of sp³-hybridized carbons (Fsp3) is 0.368. The zero-order valence-corrected chi connectivity index (χ0v) is 14.0. The zero-order chi connectivity index (χ0) is 16.7. The molecule has 1 aliphatic heterocycles. The molecule has 1 saturated heterocycles. The fourth-order valence-electron chi connectivity index (χ4n) is 3.60. The Morgan fingerprint density at radius 3 is 2.75 bits per heavy atom. The number of rotatable bonds is 2. The predicted octanol–water partition coefficient (Wildman–Crippen LogP) is 3.49. The summed E-state index contributed by atoms with van der Waals surface area (Å²) in [5.41, 5.74) is 5.16. The van der Waals surface area contributed by atoms with Crippen LogP contribution in [-0.4, -0.2) is 32.6 Å². The SMILES string of the molecule is Cc1c(-c2ccc(O)cc2)[nH]c2cnc(C3CCNC(C)C3)nc12. The van der Waals surface area contributed by atoms with Gasteiger partial charge in [0.25, 0.3) is 0 Å². The smallest absolute Gasteiger partial charge is 0.132 e. The van der Waals surface area contributed by atoms with Crippen LogP contribution >= 0.6 is 0 Å². The maximum absolute atomic E-state index is 9.48. The molecule has 0 bridgehead atoms. The first-order valence-electron chi connectivity index (χ1n) is 8.50. The van der Waals surface area contributed by atoms with Gasteiger partial charge in [0.15, 0.2) is 0 Å². The molecule has 0 saturated carbocycles. The van der Waals surface area contributed by atoms with Gasteiger partial charge in [0.1, 0.15) is 11.6 Å². The summed E-state index contributed by atoms with van der Waals surface area (Å²) < 4.78 is 0. The molecular weight excluding hydrogens is 300 g/mol. The second-order valence-electron chi connectivity index (χ2n) is 6.74. The van der Waals surface area contributed by atoms with Crippen LogP contribution < -0.4 is 5.32 Å². The van der Waals surface area contributed by atoms with Crippen molar-refractivity contribution in [1.29, 1.82) is 0 Å². The van der Waals surface area contributed by atoms with Gasteiger partial charge in [0, 0.05) is 17.5 Å². The van der Waals surface area contributed by atoms with Crippen LogP contribution in [0.1, 0.15) is 37.1 Å². The Hall–Kier alpha value is -2.40. The van der Waals surface area contributed by atoms with Gasteiger partial charge in [-0.2, -0.15) is 0 Å². The van der Waals surface area contributed by atoms with E-state index in [-0.39, 0.29) is 5.75 Å². The summed E-state index contributed by atoms with van der Waals surface area (Å²) in [7, 11) is 0. The molecule has 0 radical (unpaired) electrons. The molecule has 2 aromatic heterocycles. The maximum Gasteiger partial charge on any atom is 0.132 e. The molecule has 0 spiro atoms. The number of H-pyrrole nitrogens is 1. The quantitative estimate of drug-likeness (QED) is 0.675. The molecule has 3 aromatic rings. The third kappa shape index (κ3) is 2.65. The molecule has 3 heterocycles. The Balaban J connectivity index is 1.74. The van der Waals surface area contributed by atoms with Crippen molar-refractivity contribution in [2.24, 2.45) is 0 Å². The van der Waals surface area contributed by atoms with Crippen LogP contribution in [0, 0.1) is 6.92 Å². The molecule has 2 unspecified atom stereocenters. The lowest BCUT2D eigenvalue weighted by atomic mass is 9.92.